The van der Waals surface area contributed by atoms with Gasteiger partial charge in [-0.2, -0.15) is 0 Å². The number of fused-ring (bicyclic) bond motifs is 2. The van der Waals surface area contributed by atoms with Gasteiger partial charge in [-0.05, 0) is 84.6 Å². The molecule has 4 aliphatic rings. The van der Waals surface area contributed by atoms with E-state index in [1.54, 1.807) is 70.6 Å². The molecule has 1 heteroatoms. The lowest BCUT2D eigenvalue weighted by Gasteiger charge is -2.45. The van der Waals surface area contributed by atoms with Gasteiger partial charge >= 0.3 is 0 Å². The lowest BCUT2D eigenvalue weighted by Crippen LogP contribution is -2.43. The molecule has 0 aromatic heterocycles. The maximum absolute atomic E-state index is 2.92. The largest absolute Gasteiger partial charge is 0.0689 e. The van der Waals surface area contributed by atoms with Crippen LogP contribution < -0.4 is 0 Å². The van der Waals surface area contributed by atoms with E-state index in [0.717, 1.165) is 52.5 Å². The van der Waals surface area contributed by atoms with Crippen molar-refractivity contribution in [3.63, 3.8) is 0 Å². The first-order valence-electron chi connectivity index (χ1n) is 15.5. The van der Waals surface area contributed by atoms with Crippen LogP contribution in [0.25, 0.3) is 0 Å². The predicted octanol–water partition coefficient (Wildman–Crippen LogP) is 10.5. The molecule has 0 radical (unpaired) electrons. The standard InChI is InChI=1S/C31H58Si/c1-6-13-23(14-7-2)20-25-22-31(29-19-12-10-17-27(25)29)32(4,5)30-21-24(15-8-3)26-16-9-11-18-28(26)30/h23-31H,6-22H2,1-5H3. The molecule has 4 saturated carbocycles. The molecule has 0 nitrogen and oxygen atoms in total. The van der Waals surface area contributed by atoms with E-state index in [-0.39, 0.29) is 0 Å². The Labute approximate surface area is 203 Å². The summed E-state index contributed by atoms with van der Waals surface area (Å²) in [6.45, 7) is 13.1. The molecule has 0 aliphatic heterocycles. The highest BCUT2D eigenvalue weighted by Crippen LogP contribution is 2.65. The maximum Gasteiger partial charge on any atom is 0.0541 e. The highest BCUT2D eigenvalue weighted by Gasteiger charge is 2.57. The third kappa shape index (κ3) is 5.09. The highest BCUT2D eigenvalue weighted by molar-refractivity contribution is 6.80. The molecule has 0 saturated heterocycles. The molecule has 32 heavy (non-hydrogen) atoms. The first-order valence-corrected chi connectivity index (χ1v) is 18.7. The third-order valence-corrected chi connectivity index (χ3v) is 16.9. The van der Waals surface area contributed by atoms with Crippen LogP contribution in [0.15, 0.2) is 0 Å². The van der Waals surface area contributed by atoms with Crippen LogP contribution in [-0.4, -0.2) is 8.07 Å². The van der Waals surface area contributed by atoms with Gasteiger partial charge in [-0.1, -0.05) is 111 Å². The summed E-state index contributed by atoms with van der Waals surface area (Å²) < 4.78 is 0. The van der Waals surface area contributed by atoms with Crippen molar-refractivity contribution in [2.75, 3.05) is 0 Å². The molecule has 0 bridgehead atoms. The summed E-state index contributed by atoms with van der Waals surface area (Å²) in [6, 6.07) is 0. The smallest absolute Gasteiger partial charge is 0.0541 e. The molecule has 186 valence electrons. The molecular weight excluding hydrogens is 400 g/mol. The van der Waals surface area contributed by atoms with E-state index in [2.05, 4.69) is 33.9 Å². The molecule has 0 amide bonds. The maximum atomic E-state index is 2.92. The Morgan fingerprint density at radius 2 is 1.09 bits per heavy atom. The van der Waals surface area contributed by atoms with Crippen LogP contribution in [0.2, 0.25) is 24.2 Å². The van der Waals surface area contributed by atoms with Gasteiger partial charge in [0.05, 0.1) is 8.07 Å². The first kappa shape index (κ1) is 25.3. The third-order valence-electron chi connectivity index (χ3n) is 11.7. The van der Waals surface area contributed by atoms with E-state index in [1.165, 1.54) is 38.5 Å². The van der Waals surface area contributed by atoms with Gasteiger partial charge in [-0.25, -0.2) is 0 Å². The minimum atomic E-state index is -1.25. The van der Waals surface area contributed by atoms with Gasteiger partial charge in [0.25, 0.3) is 0 Å². The van der Waals surface area contributed by atoms with E-state index in [0.29, 0.717) is 0 Å². The van der Waals surface area contributed by atoms with E-state index in [1.807, 2.05) is 0 Å². The van der Waals surface area contributed by atoms with Crippen molar-refractivity contribution >= 4 is 8.07 Å². The zero-order valence-electron chi connectivity index (χ0n) is 22.7. The van der Waals surface area contributed by atoms with Gasteiger partial charge in [0.2, 0.25) is 0 Å². The molecule has 8 unspecified atom stereocenters. The van der Waals surface area contributed by atoms with Crippen molar-refractivity contribution < 1.29 is 0 Å². The Morgan fingerprint density at radius 1 is 0.625 bits per heavy atom. The minimum Gasteiger partial charge on any atom is -0.0689 e. The Hall–Kier alpha value is 0.217. The van der Waals surface area contributed by atoms with Crippen LogP contribution in [0.1, 0.15) is 130 Å². The average molecular weight is 459 g/mol. The molecule has 0 heterocycles. The second-order valence-electron chi connectivity index (χ2n) is 13.7. The number of hydrogen-bond acceptors (Lipinski definition) is 0. The Kier molecular flexibility index (Phi) is 8.94. The SMILES string of the molecule is CCCC(CCC)CC1CC([Si](C)(C)C2CC(CCC)C3CCCCC32)C2CCCCC12. The van der Waals surface area contributed by atoms with Crippen LogP contribution in [-0.2, 0) is 0 Å². The van der Waals surface area contributed by atoms with Gasteiger partial charge in [-0.3, -0.25) is 0 Å². The van der Waals surface area contributed by atoms with Crippen LogP contribution >= 0.6 is 0 Å². The monoisotopic (exact) mass is 458 g/mol. The van der Waals surface area contributed by atoms with Crippen molar-refractivity contribution in [2.24, 2.45) is 41.4 Å². The van der Waals surface area contributed by atoms with Gasteiger partial charge in [0.15, 0.2) is 0 Å². The fourth-order valence-corrected chi connectivity index (χ4v) is 15.9. The fourth-order valence-electron chi connectivity index (χ4n) is 10.5. The molecule has 0 N–H and O–H groups in total. The highest BCUT2D eigenvalue weighted by atomic mass is 28.3. The van der Waals surface area contributed by atoms with Crippen LogP contribution in [0.5, 0.6) is 0 Å². The molecular formula is C31H58Si. The lowest BCUT2D eigenvalue weighted by atomic mass is 9.74. The van der Waals surface area contributed by atoms with Gasteiger partial charge in [-0.15, -0.1) is 0 Å². The van der Waals surface area contributed by atoms with E-state index in [9.17, 15) is 0 Å². The van der Waals surface area contributed by atoms with Gasteiger partial charge < -0.3 is 0 Å². The summed E-state index contributed by atoms with van der Waals surface area (Å²) in [4.78, 5) is 0. The quantitative estimate of drug-likeness (QED) is 0.285. The first-order chi connectivity index (χ1) is 15.5. The topological polar surface area (TPSA) is 0 Å². The normalized spacial score (nSPS) is 39.9. The molecule has 0 aromatic rings. The van der Waals surface area contributed by atoms with Crippen molar-refractivity contribution in [2.45, 2.75) is 154 Å². The second kappa shape index (κ2) is 11.3. The molecule has 8 atom stereocenters. The summed E-state index contributed by atoms with van der Waals surface area (Å²) >= 11 is 0. The van der Waals surface area contributed by atoms with Crippen molar-refractivity contribution in [3.8, 4) is 0 Å². The van der Waals surface area contributed by atoms with Crippen LogP contribution in [0.4, 0.5) is 0 Å². The lowest BCUT2D eigenvalue weighted by molar-refractivity contribution is 0.195. The summed E-state index contributed by atoms with van der Waals surface area (Å²) in [5, 5.41) is 0. The van der Waals surface area contributed by atoms with Crippen molar-refractivity contribution in [1.29, 1.82) is 0 Å². The average Bonchev–Trinajstić information content (AvgIpc) is 3.35. The second-order valence-corrected chi connectivity index (χ2v) is 18.8. The molecule has 0 aromatic carbocycles. The molecule has 4 aliphatic carbocycles. The van der Waals surface area contributed by atoms with Gasteiger partial charge in [0, 0.05) is 0 Å². The summed E-state index contributed by atoms with van der Waals surface area (Å²) in [6.07, 6.45) is 26.3. The van der Waals surface area contributed by atoms with E-state index in [4.69, 9.17) is 0 Å². The summed E-state index contributed by atoms with van der Waals surface area (Å²) in [7, 11) is -1.25. The van der Waals surface area contributed by atoms with Gasteiger partial charge in [0.1, 0.15) is 0 Å². The number of hydrogen-bond donors (Lipinski definition) is 0. The Balaban J connectivity index is 1.53. The summed E-state index contributed by atoms with van der Waals surface area (Å²) in [5.74, 6) is 7.73. The Morgan fingerprint density at radius 3 is 1.59 bits per heavy atom. The fraction of sp³-hybridized carbons (Fsp3) is 1.00. The minimum absolute atomic E-state index is 1.03. The zero-order valence-corrected chi connectivity index (χ0v) is 23.7. The molecule has 0 spiro atoms. The number of rotatable bonds is 10. The predicted molar refractivity (Wildman–Crippen MR) is 145 cm³/mol. The Bertz CT molecular complexity index is 561. The molecule has 4 rings (SSSR count). The zero-order chi connectivity index (χ0) is 22.7. The van der Waals surface area contributed by atoms with Crippen LogP contribution in [0.3, 0.4) is 0 Å². The summed E-state index contributed by atoms with van der Waals surface area (Å²) in [5.41, 5.74) is 2.33. The van der Waals surface area contributed by atoms with Crippen molar-refractivity contribution in [1.82, 2.24) is 0 Å². The van der Waals surface area contributed by atoms with E-state index < -0.39 is 8.07 Å². The molecule has 4 fully saturated rings. The van der Waals surface area contributed by atoms with Crippen molar-refractivity contribution in [3.05, 3.63) is 0 Å². The van der Waals surface area contributed by atoms with Crippen LogP contribution in [0, 0.1) is 41.4 Å². The van der Waals surface area contributed by atoms with E-state index >= 15 is 0 Å².